The molecule has 0 aliphatic heterocycles. The van der Waals surface area contributed by atoms with Crippen LogP contribution < -0.4 is 5.32 Å². The van der Waals surface area contributed by atoms with E-state index in [0.717, 1.165) is 18.3 Å². The van der Waals surface area contributed by atoms with Crippen LogP contribution in [0.25, 0.3) is 11.3 Å². The Labute approximate surface area is 151 Å². The molecule has 0 aliphatic rings. The number of alkyl halides is 3. The molecule has 0 fully saturated rings. The minimum Gasteiger partial charge on any atom is -0.306 e. The molecule has 5 nitrogen and oxygen atoms in total. The Balaban J connectivity index is 1.95. The summed E-state index contributed by atoms with van der Waals surface area (Å²) in [4.78, 5) is 16.3. The number of anilines is 1. The molecule has 0 radical (unpaired) electrons. The van der Waals surface area contributed by atoms with Gasteiger partial charge < -0.3 is 5.32 Å². The monoisotopic (exact) mass is 380 g/mol. The fourth-order valence-electron chi connectivity index (χ4n) is 2.44. The Kier molecular flexibility index (Phi) is 4.69. The highest BCUT2D eigenvalue weighted by Gasteiger charge is 2.31. The number of nitrogens with one attached hydrogen (secondary N) is 1. The molecule has 2 heterocycles. The van der Waals surface area contributed by atoms with Crippen LogP contribution in [0.15, 0.2) is 48.8 Å². The van der Waals surface area contributed by atoms with Gasteiger partial charge in [-0.1, -0.05) is 29.8 Å². The predicted octanol–water partition coefficient (Wildman–Crippen LogP) is 4.41. The van der Waals surface area contributed by atoms with Crippen LogP contribution in [-0.2, 0) is 13.2 Å². The lowest BCUT2D eigenvalue weighted by atomic mass is 10.1. The van der Waals surface area contributed by atoms with E-state index >= 15 is 0 Å². The highest BCUT2D eigenvalue weighted by atomic mass is 35.5. The van der Waals surface area contributed by atoms with E-state index < -0.39 is 17.6 Å². The standard InChI is InChI=1S/C17H12ClF3N4O/c1-25-15(11-4-2-3-5-13(11)18)12(9-23-25)16(26)24-14-8-10(6-7-22-14)17(19,20)21/h2-9H,1H3,(H,22,24,26). The van der Waals surface area contributed by atoms with Gasteiger partial charge in [0.1, 0.15) is 5.82 Å². The number of halogens is 4. The van der Waals surface area contributed by atoms with Crippen LogP contribution in [0.1, 0.15) is 15.9 Å². The third kappa shape index (κ3) is 3.55. The fraction of sp³-hybridized carbons (Fsp3) is 0.118. The van der Waals surface area contributed by atoms with Crippen molar-refractivity contribution in [3.63, 3.8) is 0 Å². The Bertz CT molecular complexity index is 969. The number of rotatable bonds is 3. The molecule has 0 aliphatic carbocycles. The third-order valence-electron chi connectivity index (χ3n) is 3.64. The van der Waals surface area contributed by atoms with Crippen molar-refractivity contribution in [1.82, 2.24) is 14.8 Å². The van der Waals surface area contributed by atoms with Gasteiger partial charge in [0.05, 0.1) is 23.0 Å². The molecule has 134 valence electrons. The molecule has 0 unspecified atom stereocenters. The van der Waals surface area contributed by atoms with Crippen LogP contribution >= 0.6 is 11.6 Å². The van der Waals surface area contributed by atoms with Gasteiger partial charge in [-0.25, -0.2) is 4.98 Å². The number of pyridine rings is 1. The van der Waals surface area contributed by atoms with Gasteiger partial charge in [0.25, 0.3) is 5.91 Å². The number of benzene rings is 1. The maximum absolute atomic E-state index is 12.8. The summed E-state index contributed by atoms with van der Waals surface area (Å²) in [5.74, 6) is -0.848. The smallest absolute Gasteiger partial charge is 0.306 e. The Morgan fingerprint density at radius 3 is 2.65 bits per heavy atom. The first kappa shape index (κ1) is 17.9. The van der Waals surface area contributed by atoms with E-state index in [1.807, 2.05) is 0 Å². The summed E-state index contributed by atoms with van der Waals surface area (Å²) in [6.45, 7) is 0. The van der Waals surface area contributed by atoms with Gasteiger partial charge in [0, 0.05) is 23.8 Å². The van der Waals surface area contributed by atoms with Crippen LogP contribution in [0.2, 0.25) is 5.02 Å². The first-order valence-corrected chi connectivity index (χ1v) is 7.76. The number of hydrogen-bond acceptors (Lipinski definition) is 3. The molecule has 1 aromatic carbocycles. The van der Waals surface area contributed by atoms with Crippen molar-refractivity contribution in [2.75, 3.05) is 5.32 Å². The molecular weight excluding hydrogens is 369 g/mol. The molecule has 0 spiro atoms. The lowest BCUT2D eigenvalue weighted by Crippen LogP contribution is -2.15. The maximum Gasteiger partial charge on any atom is 0.416 e. The lowest BCUT2D eigenvalue weighted by molar-refractivity contribution is -0.137. The van der Waals surface area contributed by atoms with Crippen molar-refractivity contribution < 1.29 is 18.0 Å². The lowest BCUT2D eigenvalue weighted by Gasteiger charge is -2.10. The number of carbonyl (C=O) groups excluding carboxylic acids is 1. The quantitative estimate of drug-likeness (QED) is 0.732. The zero-order valence-corrected chi connectivity index (χ0v) is 14.1. The summed E-state index contributed by atoms with van der Waals surface area (Å²) in [5, 5.41) is 6.84. The second-order valence-corrected chi connectivity index (χ2v) is 5.80. The Morgan fingerprint density at radius 2 is 1.96 bits per heavy atom. The third-order valence-corrected chi connectivity index (χ3v) is 3.97. The van der Waals surface area contributed by atoms with Gasteiger partial charge >= 0.3 is 6.18 Å². The average molecular weight is 381 g/mol. The van der Waals surface area contributed by atoms with Gasteiger partial charge in [-0.2, -0.15) is 18.3 Å². The summed E-state index contributed by atoms with van der Waals surface area (Å²) >= 11 is 6.19. The zero-order chi connectivity index (χ0) is 18.9. The molecule has 0 saturated carbocycles. The summed E-state index contributed by atoms with van der Waals surface area (Å²) in [5.41, 5.74) is 0.288. The van der Waals surface area contributed by atoms with Gasteiger partial charge in [-0.05, 0) is 18.2 Å². The molecule has 0 bridgehead atoms. The highest BCUT2D eigenvalue weighted by molar-refractivity contribution is 6.33. The summed E-state index contributed by atoms with van der Waals surface area (Å²) < 4.78 is 39.8. The van der Waals surface area contributed by atoms with Crippen LogP contribution in [0.4, 0.5) is 19.0 Å². The molecular formula is C17H12ClF3N4O. The first-order valence-electron chi connectivity index (χ1n) is 7.39. The van der Waals surface area contributed by atoms with Gasteiger partial charge in [-0.3, -0.25) is 9.48 Å². The summed E-state index contributed by atoms with van der Waals surface area (Å²) in [6.07, 6.45) is -2.22. The minimum atomic E-state index is -4.53. The van der Waals surface area contributed by atoms with Crippen LogP contribution in [0.5, 0.6) is 0 Å². The number of carbonyl (C=O) groups is 1. The fourth-order valence-corrected chi connectivity index (χ4v) is 2.66. The number of aryl methyl sites for hydroxylation is 1. The second kappa shape index (κ2) is 6.80. The van der Waals surface area contributed by atoms with E-state index in [2.05, 4.69) is 15.4 Å². The number of nitrogens with zero attached hydrogens (tertiary/aromatic N) is 3. The summed E-state index contributed by atoms with van der Waals surface area (Å²) in [7, 11) is 1.64. The number of amides is 1. The maximum atomic E-state index is 12.8. The molecule has 3 aromatic rings. The van der Waals surface area contributed by atoms with Crippen molar-refractivity contribution in [3.8, 4) is 11.3 Å². The largest absolute Gasteiger partial charge is 0.416 e. The highest BCUT2D eigenvalue weighted by Crippen LogP contribution is 2.32. The van der Waals surface area contributed by atoms with E-state index in [0.29, 0.717) is 16.3 Å². The zero-order valence-electron chi connectivity index (χ0n) is 13.4. The molecule has 3 rings (SSSR count). The van der Waals surface area contributed by atoms with Crippen LogP contribution in [-0.4, -0.2) is 20.7 Å². The Morgan fingerprint density at radius 1 is 1.23 bits per heavy atom. The normalized spacial score (nSPS) is 11.4. The molecule has 26 heavy (non-hydrogen) atoms. The van der Waals surface area contributed by atoms with E-state index in [4.69, 9.17) is 11.6 Å². The molecule has 1 N–H and O–H groups in total. The van der Waals surface area contributed by atoms with Gasteiger partial charge in [0.15, 0.2) is 0 Å². The van der Waals surface area contributed by atoms with Crippen molar-refractivity contribution in [3.05, 3.63) is 64.9 Å². The van der Waals surface area contributed by atoms with Crippen LogP contribution in [0, 0.1) is 0 Å². The van der Waals surface area contributed by atoms with Crippen LogP contribution in [0.3, 0.4) is 0 Å². The molecule has 9 heteroatoms. The summed E-state index contributed by atoms with van der Waals surface area (Å²) in [6, 6.07) is 8.48. The molecule has 0 atom stereocenters. The first-order chi connectivity index (χ1) is 12.3. The molecule has 2 aromatic heterocycles. The number of aromatic nitrogens is 3. The van der Waals surface area contributed by atoms with Crippen molar-refractivity contribution in [2.45, 2.75) is 6.18 Å². The number of hydrogen-bond donors (Lipinski definition) is 1. The van der Waals surface area contributed by atoms with Crippen molar-refractivity contribution in [1.29, 1.82) is 0 Å². The van der Waals surface area contributed by atoms with Crippen molar-refractivity contribution in [2.24, 2.45) is 7.05 Å². The second-order valence-electron chi connectivity index (χ2n) is 5.39. The van der Waals surface area contributed by atoms with Gasteiger partial charge in [-0.15, -0.1) is 0 Å². The van der Waals surface area contributed by atoms with E-state index in [9.17, 15) is 18.0 Å². The molecule has 1 amide bonds. The average Bonchev–Trinajstić information content (AvgIpc) is 2.96. The Hall–Kier alpha value is -2.87. The SMILES string of the molecule is Cn1ncc(C(=O)Nc2cc(C(F)(F)F)ccn2)c1-c1ccccc1Cl. The minimum absolute atomic E-state index is 0.166. The van der Waals surface area contributed by atoms with E-state index in [-0.39, 0.29) is 11.4 Å². The topological polar surface area (TPSA) is 59.8 Å². The molecule has 0 saturated heterocycles. The van der Waals surface area contributed by atoms with Crippen molar-refractivity contribution >= 4 is 23.3 Å². The van der Waals surface area contributed by atoms with Gasteiger partial charge in [0.2, 0.25) is 0 Å². The van der Waals surface area contributed by atoms with E-state index in [1.165, 1.54) is 10.9 Å². The predicted molar refractivity (Wildman–Crippen MR) is 90.8 cm³/mol. The van der Waals surface area contributed by atoms with E-state index in [1.54, 1.807) is 31.3 Å².